The molecule has 0 aromatic rings. The molecule has 0 aliphatic carbocycles. The number of hydrogen-bond acceptors (Lipinski definition) is 4. The second kappa shape index (κ2) is 4.03. The average Bonchev–Trinajstić information content (AvgIpc) is 2.47. The highest BCUT2D eigenvalue weighted by molar-refractivity contribution is 8.02. The van der Waals surface area contributed by atoms with E-state index in [-0.39, 0.29) is 23.6 Å². The summed E-state index contributed by atoms with van der Waals surface area (Å²) in [7, 11) is 0. The standard InChI is InChI=1S/C11H15NO4S/c1-4-7-6(5(2)13)10(14)12(7)8(11(15)16)9(4)17-3/h4-7,13H,1-3H3,(H,15,16)/t4-,5-,6-,7?/m1/s1. The van der Waals surface area contributed by atoms with E-state index in [2.05, 4.69) is 0 Å². The van der Waals surface area contributed by atoms with Crippen LogP contribution in [0.15, 0.2) is 10.6 Å². The van der Waals surface area contributed by atoms with Gasteiger partial charge in [0.1, 0.15) is 5.70 Å². The second-order valence-corrected chi connectivity index (χ2v) is 5.32. The van der Waals surface area contributed by atoms with Gasteiger partial charge in [0, 0.05) is 10.8 Å². The minimum atomic E-state index is -1.07. The van der Waals surface area contributed by atoms with Gasteiger partial charge in [0.15, 0.2) is 0 Å². The number of β-lactam (4-membered cyclic amide) rings is 1. The number of carboxylic acid groups (broad SMARTS) is 1. The summed E-state index contributed by atoms with van der Waals surface area (Å²) >= 11 is 1.36. The Morgan fingerprint density at radius 2 is 2.12 bits per heavy atom. The molecule has 0 saturated carbocycles. The van der Waals surface area contributed by atoms with Crippen LogP contribution in [0.5, 0.6) is 0 Å². The Morgan fingerprint density at radius 3 is 2.53 bits per heavy atom. The molecule has 2 rings (SSSR count). The maximum absolute atomic E-state index is 11.9. The molecule has 0 aromatic heterocycles. The van der Waals surface area contributed by atoms with Crippen molar-refractivity contribution in [2.75, 3.05) is 6.26 Å². The van der Waals surface area contributed by atoms with Crippen molar-refractivity contribution in [2.45, 2.75) is 26.0 Å². The minimum Gasteiger partial charge on any atom is -0.477 e. The Bertz CT molecular complexity index is 418. The fourth-order valence-electron chi connectivity index (χ4n) is 2.80. The van der Waals surface area contributed by atoms with Gasteiger partial charge in [-0.15, -0.1) is 11.8 Å². The number of carboxylic acids is 1. The molecule has 1 fully saturated rings. The van der Waals surface area contributed by atoms with Crippen LogP contribution in [-0.4, -0.2) is 45.4 Å². The zero-order valence-corrected chi connectivity index (χ0v) is 10.7. The number of aliphatic hydroxyl groups is 1. The van der Waals surface area contributed by atoms with E-state index in [4.69, 9.17) is 5.11 Å². The number of nitrogens with zero attached hydrogens (tertiary/aromatic N) is 1. The summed E-state index contributed by atoms with van der Waals surface area (Å²) < 4.78 is 0. The SMILES string of the molecule is CSC1=C(C(=O)O)N2C(=O)[C@H]([C@@H](C)O)C2[C@H]1C. The minimum absolute atomic E-state index is 0.0200. The molecule has 1 amide bonds. The molecule has 0 bridgehead atoms. The summed E-state index contributed by atoms with van der Waals surface area (Å²) in [5, 5.41) is 18.7. The van der Waals surface area contributed by atoms with E-state index in [1.807, 2.05) is 13.2 Å². The number of carbonyl (C=O) groups is 2. The lowest BCUT2D eigenvalue weighted by Gasteiger charge is -2.46. The second-order valence-electron chi connectivity index (χ2n) is 4.48. The Morgan fingerprint density at radius 1 is 1.53 bits per heavy atom. The van der Waals surface area contributed by atoms with Gasteiger partial charge in [0.05, 0.1) is 18.1 Å². The topological polar surface area (TPSA) is 77.8 Å². The number of carbonyl (C=O) groups excluding carboxylic acids is 1. The average molecular weight is 257 g/mol. The van der Waals surface area contributed by atoms with Crippen molar-refractivity contribution >= 4 is 23.6 Å². The first kappa shape index (κ1) is 12.4. The number of rotatable bonds is 3. The van der Waals surface area contributed by atoms with E-state index in [9.17, 15) is 14.7 Å². The molecule has 2 aliphatic heterocycles. The summed E-state index contributed by atoms with van der Waals surface area (Å²) in [5.41, 5.74) is 0.0944. The fraction of sp³-hybridized carbons (Fsp3) is 0.636. The number of amides is 1. The number of fused-ring (bicyclic) bond motifs is 1. The van der Waals surface area contributed by atoms with Crippen LogP contribution in [0.25, 0.3) is 0 Å². The first-order valence-electron chi connectivity index (χ1n) is 5.44. The molecule has 2 N–H and O–H groups in total. The predicted molar refractivity (Wildman–Crippen MR) is 63.1 cm³/mol. The zero-order valence-electron chi connectivity index (χ0n) is 9.88. The number of hydrogen-bond donors (Lipinski definition) is 2. The number of aliphatic hydroxyl groups excluding tert-OH is 1. The van der Waals surface area contributed by atoms with Gasteiger partial charge < -0.3 is 15.1 Å². The molecule has 6 heteroatoms. The molecule has 4 atom stereocenters. The Labute approximate surface area is 103 Å². The molecule has 0 aromatic carbocycles. The first-order valence-corrected chi connectivity index (χ1v) is 6.66. The van der Waals surface area contributed by atoms with Crippen molar-refractivity contribution in [3.63, 3.8) is 0 Å². The molecule has 0 radical (unpaired) electrons. The van der Waals surface area contributed by atoms with Crippen molar-refractivity contribution < 1.29 is 19.8 Å². The molecule has 17 heavy (non-hydrogen) atoms. The van der Waals surface area contributed by atoms with E-state index < -0.39 is 18.0 Å². The van der Waals surface area contributed by atoms with Gasteiger partial charge in [-0.3, -0.25) is 4.79 Å². The van der Waals surface area contributed by atoms with Gasteiger partial charge in [-0.25, -0.2) is 4.79 Å². The fourth-order valence-corrected chi connectivity index (χ4v) is 3.69. The highest BCUT2D eigenvalue weighted by atomic mass is 32.2. The number of aliphatic carboxylic acids is 1. The van der Waals surface area contributed by atoms with Crippen LogP contribution >= 0.6 is 11.8 Å². The molecular formula is C11H15NO4S. The van der Waals surface area contributed by atoms with E-state index in [1.54, 1.807) is 6.92 Å². The molecule has 2 aliphatic rings. The van der Waals surface area contributed by atoms with Gasteiger partial charge in [0.25, 0.3) is 0 Å². The van der Waals surface area contributed by atoms with Crippen LogP contribution in [-0.2, 0) is 9.59 Å². The molecule has 94 valence electrons. The van der Waals surface area contributed by atoms with Gasteiger partial charge in [-0.2, -0.15) is 0 Å². The summed E-state index contributed by atoms with van der Waals surface area (Å²) in [5.74, 6) is -1.84. The summed E-state index contributed by atoms with van der Waals surface area (Å²) in [6, 6.07) is -0.198. The lowest BCUT2D eigenvalue weighted by Crippen LogP contribution is -2.63. The monoisotopic (exact) mass is 257 g/mol. The predicted octanol–water partition coefficient (Wildman–Crippen LogP) is 0.503. The van der Waals surface area contributed by atoms with Gasteiger partial charge in [-0.05, 0) is 13.2 Å². The molecular weight excluding hydrogens is 242 g/mol. The largest absolute Gasteiger partial charge is 0.477 e. The van der Waals surface area contributed by atoms with Crippen molar-refractivity contribution in [1.82, 2.24) is 4.90 Å². The van der Waals surface area contributed by atoms with Gasteiger partial charge in [0.2, 0.25) is 5.91 Å². The molecule has 1 unspecified atom stereocenters. The normalized spacial score (nSPS) is 33.5. The third-order valence-electron chi connectivity index (χ3n) is 3.53. The van der Waals surface area contributed by atoms with Crippen LogP contribution < -0.4 is 0 Å². The summed E-state index contributed by atoms with van der Waals surface area (Å²) in [6.07, 6.45) is 1.07. The Kier molecular flexibility index (Phi) is 2.95. The van der Waals surface area contributed by atoms with Crippen LogP contribution in [0.1, 0.15) is 13.8 Å². The lowest BCUT2D eigenvalue weighted by atomic mass is 9.79. The van der Waals surface area contributed by atoms with Crippen molar-refractivity contribution in [2.24, 2.45) is 11.8 Å². The zero-order chi connectivity index (χ0) is 12.9. The first-order chi connectivity index (χ1) is 7.91. The highest BCUT2D eigenvalue weighted by Gasteiger charge is 2.59. The summed E-state index contributed by atoms with van der Waals surface area (Å²) in [6.45, 7) is 3.48. The molecule has 1 saturated heterocycles. The maximum Gasteiger partial charge on any atom is 0.353 e. The van der Waals surface area contributed by atoms with E-state index in [1.165, 1.54) is 16.7 Å². The van der Waals surface area contributed by atoms with Gasteiger partial charge in [-0.1, -0.05) is 6.92 Å². The quantitative estimate of drug-likeness (QED) is 0.720. The lowest BCUT2D eigenvalue weighted by molar-refractivity contribution is -0.163. The van der Waals surface area contributed by atoms with Crippen molar-refractivity contribution in [3.05, 3.63) is 10.6 Å². The van der Waals surface area contributed by atoms with E-state index in [0.29, 0.717) is 0 Å². The smallest absolute Gasteiger partial charge is 0.353 e. The molecule has 5 nitrogen and oxygen atoms in total. The Hall–Kier alpha value is -1.01. The van der Waals surface area contributed by atoms with E-state index >= 15 is 0 Å². The van der Waals surface area contributed by atoms with Gasteiger partial charge >= 0.3 is 5.97 Å². The highest BCUT2D eigenvalue weighted by Crippen LogP contribution is 2.49. The van der Waals surface area contributed by atoms with E-state index in [0.717, 1.165) is 4.91 Å². The van der Waals surface area contributed by atoms with Crippen LogP contribution in [0.3, 0.4) is 0 Å². The van der Waals surface area contributed by atoms with Crippen LogP contribution in [0, 0.1) is 11.8 Å². The Balaban J connectivity index is 2.39. The van der Waals surface area contributed by atoms with Crippen molar-refractivity contribution in [3.8, 4) is 0 Å². The third-order valence-corrected chi connectivity index (χ3v) is 4.54. The summed E-state index contributed by atoms with van der Waals surface area (Å²) in [4.78, 5) is 25.1. The van der Waals surface area contributed by atoms with Crippen molar-refractivity contribution in [1.29, 1.82) is 0 Å². The third kappa shape index (κ3) is 1.51. The molecule has 2 heterocycles. The molecule has 0 spiro atoms. The van der Waals surface area contributed by atoms with Crippen LogP contribution in [0.4, 0.5) is 0 Å². The maximum atomic E-state index is 11.9. The van der Waals surface area contributed by atoms with Crippen LogP contribution in [0.2, 0.25) is 0 Å². The number of thioether (sulfide) groups is 1.